The molecule has 4 heteroatoms. The molecule has 1 N–H and O–H groups in total. The molecule has 1 aromatic carbocycles. The van der Waals surface area contributed by atoms with Crippen LogP contribution in [0.1, 0.15) is 17.9 Å². The van der Waals surface area contributed by atoms with Gasteiger partial charge in [0.05, 0.1) is 17.5 Å². The van der Waals surface area contributed by atoms with E-state index in [4.69, 9.17) is 9.84 Å². The number of aliphatic carboxylic acids is 1. The summed E-state index contributed by atoms with van der Waals surface area (Å²) in [6, 6.07) is 5.74. The van der Waals surface area contributed by atoms with Crippen LogP contribution in [0, 0.1) is 5.92 Å². The van der Waals surface area contributed by atoms with Gasteiger partial charge in [0.1, 0.15) is 5.75 Å². The van der Waals surface area contributed by atoms with Crippen LogP contribution in [0.4, 0.5) is 0 Å². The SMILES string of the molecule is COc1cc([C@H]2C[C@H]2C(=O)O)ccc1Br. The van der Waals surface area contributed by atoms with Crippen molar-refractivity contribution in [3.8, 4) is 5.75 Å². The van der Waals surface area contributed by atoms with Crippen LogP contribution in [0.3, 0.4) is 0 Å². The minimum atomic E-state index is -0.707. The Bertz CT molecular complexity index is 403. The zero-order valence-corrected chi connectivity index (χ0v) is 9.82. The van der Waals surface area contributed by atoms with Crippen LogP contribution in [0.25, 0.3) is 0 Å². The number of halogens is 1. The summed E-state index contributed by atoms with van der Waals surface area (Å²) in [7, 11) is 1.60. The van der Waals surface area contributed by atoms with E-state index in [0.717, 1.165) is 22.2 Å². The second-order valence-corrected chi connectivity index (χ2v) is 4.54. The first-order chi connectivity index (χ1) is 7.13. The van der Waals surface area contributed by atoms with Gasteiger partial charge < -0.3 is 9.84 Å². The zero-order valence-electron chi connectivity index (χ0n) is 8.24. The third-order valence-electron chi connectivity index (χ3n) is 2.71. The van der Waals surface area contributed by atoms with E-state index in [9.17, 15) is 4.79 Å². The predicted octanol–water partition coefficient (Wildman–Crippen LogP) is 2.65. The molecule has 2 rings (SSSR count). The molecule has 0 radical (unpaired) electrons. The number of benzene rings is 1. The molecule has 1 aliphatic rings. The highest BCUT2D eigenvalue weighted by Gasteiger charge is 2.44. The number of carboxylic acids is 1. The molecule has 0 aromatic heterocycles. The highest BCUT2D eigenvalue weighted by Crippen LogP contribution is 2.48. The Morgan fingerprint density at radius 2 is 2.33 bits per heavy atom. The molecule has 0 saturated heterocycles. The number of methoxy groups -OCH3 is 1. The normalized spacial score (nSPS) is 23.6. The standard InChI is InChI=1S/C11H11BrO3/c1-15-10-4-6(2-3-9(10)12)7-5-8(7)11(13)14/h2-4,7-8H,5H2,1H3,(H,13,14)/t7-,8-/m1/s1. The number of carbonyl (C=O) groups is 1. The highest BCUT2D eigenvalue weighted by molar-refractivity contribution is 9.10. The summed E-state index contributed by atoms with van der Waals surface area (Å²) in [6.45, 7) is 0. The average molecular weight is 271 g/mol. The van der Waals surface area contributed by atoms with Crippen molar-refractivity contribution in [2.75, 3.05) is 7.11 Å². The minimum absolute atomic E-state index is 0.157. The lowest BCUT2D eigenvalue weighted by Crippen LogP contribution is -1.99. The molecule has 80 valence electrons. The molecule has 1 saturated carbocycles. The number of hydrogen-bond donors (Lipinski definition) is 1. The van der Waals surface area contributed by atoms with E-state index in [2.05, 4.69) is 15.9 Å². The molecule has 3 nitrogen and oxygen atoms in total. The van der Waals surface area contributed by atoms with Crippen molar-refractivity contribution < 1.29 is 14.6 Å². The van der Waals surface area contributed by atoms with E-state index in [0.29, 0.717) is 0 Å². The lowest BCUT2D eigenvalue weighted by molar-refractivity contribution is -0.138. The van der Waals surface area contributed by atoms with Gasteiger partial charge in [0.2, 0.25) is 0 Å². The zero-order chi connectivity index (χ0) is 11.0. The summed E-state index contributed by atoms with van der Waals surface area (Å²) >= 11 is 3.36. The van der Waals surface area contributed by atoms with Crippen LogP contribution in [0.2, 0.25) is 0 Å². The minimum Gasteiger partial charge on any atom is -0.496 e. The summed E-state index contributed by atoms with van der Waals surface area (Å²) in [5.41, 5.74) is 1.04. The lowest BCUT2D eigenvalue weighted by atomic mass is 10.1. The molecule has 2 atom stereocenters. The summed E-state index contributed by atoms with van der Waals surface area (Å²) in [5, 5.41) is 8.83. The van der Waals surface area contributed by atoms with E-state index in [-0.39, 0.29) is 11.8 Å². The fraction of sp³-hybridized carbons (Fsp3) is 0.364. The van der Waals surface area contributed by atoms with Gasteiger partial charge in [0.25, 0.3) is 0 Å². The molecule has 1 fully saturated rings. The molecule has 0 spiro atoms. The van der Waals surface area contributed by atoms with Gasteiger partial charge in [0.15, 0.2) is 0 Å². The number of ether oxygens (including phenoxy) is 1. The monoisotopic (exact) mass is 270 g/mol. The van der Waals surface area contributed by atoms with Crippen LogP contribution < -0.4 is 4.74 Å². The molecule has 0 bridgehead atoms. The van der Waals surface area contributed by atoms with Crippen LogP contribution in [0.5, 0.6) is 5.75 Å². The first kappa shape index (κ1) is 10.5. The Hall–Kier alpha value is -1.03. The Morgan fingerprint density at radius 3 is 2.87 bits per heavy atom. The average Bonchev–Trinajstić information content (AvgIpc) is 2.98. The van der Waals surface area contributed by atoms with Crippen molar-refractivity contribution in [2.24, 2.45) is 5.92 Å². The van der Waals surface area contributed by atoms with Crippen LogP contribution >= 0.6 is 15.9 Å². The first-order valence-electron chi connectivity index (χ1n) is 4.69. The van der Waals surface area contributed by atoms with E-state index in [1.807, 2.05) is 18.2 Å². The topological polar surface area (TPSA) is 46.5 Å². The maximum absolute atomic E-state index is 10.7. The van der Waals surface area contributed by atoms with E-state index < -0.39 is 5.97 Å². The van der Waals surface area contributed by atoms with E-state index >= 15 is 0 Å². The Morgan fingerprint density at radius 1 is 1.60 bits per heavy atom. The highest BCUT2D eigenvalue weighted by atomic mass is 79.9. The molecule has 0 aliphatic heterocycles. The van der Waals surface area contributed by atoms with Gasteiger partial charge in [-0.25, -0.2) is 0 Å². The Labute approximate surface area is 96.2 Å². The van der Waals surface area contributed by atoms with Gasteiger partial charge in [-0.1, -0.05) is 6.07 Å². The Kier molecular flexibility index (Phi) is 2.69. The maximum atomic E-state index is 10.7. The van der Waals surface area contributed by atoms with E-state index in [1.54, 1.807) is 7.11 Å². The van der Waals surface area contributed by atoms with Crippen molar-refractivity contribution in [1.29, 1.82) is 0 Å². The van der Waals surface area contributed by atoms with Gasteiger partial charge in [-0.05, 0) is 46.0 Å². The largest absolute Gasteiger partial charge is 0.496 e. The molecule has 15 heavy (non-hydrogen) atoms. The van der Waals surface area contributed by atoms with Crippen molar-refractivity contribution >= 4 is 21.9 Å². The fourth-order valence-electron chi connectivity index (χ4n) is 1.74. The maximum Gasteiger partial charge on any atom is 0.307 e. The van der Waals surface area contributed by atoms with Crippen molar-refractivity contribution in [2.45, 2.75) is 12.3 Å². The molecule has 0 amide bonds. The summed E-state index contributed by atoms with van der Waals surface area (Å²) in [6.07, 6.45) is 0.736. The van der Waals surface area contributed by atoms with Gasteiger partial charge in [-0.3, -0.25) is 4.79 Å². The number of rotatable bonds is 3. The molecule has 1 aliphatic carbocycles. The Balaban J connectivity index is 2.21. The fourth-order valence-corrected chi connectivity index (χ4v) is 2.15. The molecular formula is C11H11BrO3. The third kappa shape index (κ3) is 2.00. The van der Waals surface area contributed by atoms with Gasteiger partial charge >= 0.3 is 5.97 Å². The van der Waals surface area contributed by atoms with Gasteiger partial charge in [-0.2, -0.15) is 0 Å². The summed E-state index contributed by atoms with van der Waals surface area (Å²) in [4.78, 5) is 10.7. The van der Waals surface area contributed by atoms with Crippen molar-refractivity contribution in [3.05, 3.63) is 28.2 Å². The predicted molar refractivity (Wildman–Crippen MR) is 59.2 cm³/mol. The third-order valence-corrected chi connectivity index (χ3v) is 3.37. The van der Waals surface area contributed by atoms with Crippen LogP contribution in [-0.4, -0.2) is 18.2 Å². The van der Waals surface area contributed by atoms with Gasteiger partial charge in [0, 0.05) is 0 Å². The van der Waals surface area contributed by atoms with Gasteiger partial charge in [-0.15, -0.1) is 0 Å². The second-order valence-electron chi connectivity index (χ2n) is 3.68. The van der Waals surface area contributed by atoms with Crippen LogP contribution in [0.15, 0.2) is 22.7 Å². The number of hydrogen-bond acceptors (Lipinski definition) is 2. The smallest absolute Gasteiger partial charge is 0.307 e. The molecular weight excluding hydrogens is 260 g/mol. The van der Waals surface area contributed by atoms with Crippen LogP contribution in [-0.2, 0) is 4.79 Å². The lowest BCUT2D eigenvalue weighted by Gasteiger charge is -2.05. The summed E-state index contributed by atoms with van der Waals surface area (Å²) < 4.78 is 6.06. The first-order valence-corrected chi connectivity index (χ1v) is 5.49. The summed E-state index contributed by atoms with van der Waals surface area (Å²) in [5.74, 6) is -0.00851. The van der Waals surface area contributed by atoms with E-state index in [1.165, 1.54) is 0 Å². The second kappa shape index (κ2) is 3.85. The molecule has 1 aromatic rings. The quantitative estimate of drug-likeness (QED) is 0.919. The van der Waals surface area contributed by atoms with Crippen molar-refractivity contribution in [1.82, 2.24) is 0 Å². The van der Waals surface area contributed by atoms with Crippen molar-refractivity contribution in [3.63, 3.8) is 0 Å². The molecule has 0 heterocycles. The number of carboxylic acid groups (broad SMARTS) is 1. The molecule has 0 unspecified atom stereocenters.